The summed E-state index contributed by atoms with van der Waals surface area (Å²) in [6, 6.07) is 13.2. The minimum absolute atomic E-state index is 0.149. The molecule has 0 spiro atoms. The van der Waals surface area contributed by atoms with Gasteiger partial charge in [0.1, 0.15) is 0 Å². The molecule has 156 valence electrons. The summed E-state index contributed by atoms with van der Waals surface area (Å²) >= 11 is 6.18. The van der Waals surface area contributed by atoms with E-state index in [-0.39, 0.29) is 18.1 Å². The molecule has 0 heterocycles. The normalized spacial score (nSPS) is 11.4. The van der Waals surface area contributed by atoms with Gasteiger partial charge >= 0.3 is 0 Å². The number of hydrogen-bond donors (Lipinski definition) is 0. The van der Waals surface area contributed by atoms with Gasteiger partial charge in [-0.3, -0.25) is 4.79 Å². The fourth-order valence-corrected chi connectivity index (χ4v) is 3.04. The van der Waals surface area contributed by atoms with Gasteiger partial charge in [0.15, 0.2) is 18.1 Å². The SMILES string of the molecule is COc1cc(C=NOCC(=O)N(Cc2ccccc2)C(C)(C)C)cc(Cl)c1OC. The molecule has 0 saturated carbocycles. The Bertz CT molecular complexity index is 848. The maximum atomic E-state index is 12.7. The topological polar surface area (TPSA) is 60.4 Å². The third-order valence-electron chi connectivity index (χ3n) is 4.21. The average Bonchev–Trinajstić information content (AvgIpc) is 2.68. The van der Waals surface area contributed by atoms with Gasteiger partial charge in [0.2, 0.25) is 0 Å². The Morgan fingerprint density at radius 1 is 1.14 bits per heavy atom. The Labute approximate surface area is 177 Å². The molecule has 0 aliphatic carbocycles. The van der Waals surface area contributed by atoms with Crippen molar-refractivity contribution < 1.29 is 19.1 Å². The largest absolute Gasteiger partial charge is 0.493 e. The minimum atomic E-state index is -0.350. The van der Waals surface area contributed by atoms with Gasteiger partial charge < -0.3 is 19.2 Å². The van der Waals surface area contributed by atoms with E-state index in [0.717, 1.165) is 5.56 Å². The molecule has 0 atom stereocenters. The van der Waals surface area contributed by atoms with Crippen LogP contribution >= 0.6 is 11.6 Å². The highest BCUT2D eigenvalue weighted by Crippen LogP contribution is 2.35. The fraction of sp³-hybridized carbons (Fsp3) is 0.364. The smallest absolute Gasteiger partial charge is 0.264 e. The Balaban J connectivity index is 2.02. The minimum Gasteiger partial charge on any atom is -0.493 e. The number of halogens is 1. The van der Waals surface area contributed by atoms with E-state index >= 15 is 0 Å². The van der Waals surface area contributed by atoms with Crippen molar-refractivity contribution >= 4 is 23.7 Å². The Kier molecular flexibility index (Phi) is 7.91. The van der Waals surface area contributed by atoms with Crippen molar-refractivity contribution in [1.29, 1.82) is 0 Å². The molecule has 1 amide bonds. The van der Waals surface area contributed by atoms with Crippen LogP contribution in [-0.4, -0.2) is 43.4 Å². The monoisotopic (exact) mass is 418 g/mol. The van der Waals surface area contributed by atoms with Gasteiger partial charge in [0.05, 0.1) is 25.5 Å². The van der Waals surface area contributed by atoms with Crippen LogP contribution in [0.3, 0.4) is 0 Å². The van der Waals surface area contributed by atoms with E-state index in [4.69, 9.17) is 25.9 Å². The van der Waals surface area contributed by atoms with Gasteiger partial charge in [-0.15, -0.1) is 0 Å². The first-order valence-corrected chi connectivity index (χ1v) is 9.55. The number of rotatable bonds is 8. The summed E-state index contributed by atoms with van der Waals surface area (Å²) in [6.45, 7) is 6.30. The molecular weight excluding hydrogens is 392 g/mol. The van der Waals surface area contributed by atoms with Crippen molar-refractivity contribution in [2.24, 2.45) is 5.16 Å². The number of ether oxygens (including phenoxy) is 2. The first kappa shape index (κ1) is 22.6. The van der Waals surface area contributed by atoms with E-state index in [1.807, 2.05) is 51.1 Å². The van der Waals surface area contributed by atoms with Gasteiger partial charge in [0.25, 0.3) is 5.91 Å². The summed E-state index contributed by atoms with van der Waals surface area (Å²) in [5, 5.41) is 4.29. The van der Waals surface area contributed by atoms with Gasteiger partial charge in [-0.1, -0.05) is 47.1 Å². The lowest BCUT2D eigenvalue weighted by Crippen LogP contribution is -2.46. The van der Waals surface area contributed by atoms with Gasteiger partial charge in [0, 0.05) is 17.6 Å². The lowest BCUT2D eigenvalue weighted by molar-refractivity contribution is -0.141. The van der Waals surface area contributed by atoms with E-state index in [0.29, 0.717) is 28.6 Å². The highest BCUT2D eigenvalue weighted by molar-refractivity contribution is 6.32. The zero-order chi connectivity index (χ0) is 21.4. The van der Waals surface area contributed by atoms with Crippen LogP contribution < -0.4 is 9.47 Å². The summed E-state index contributed by atoms with van der Waals surface area (Å²) in [5.41, 5.74) is 1.37. The molecule has 0 fully saturated rings. The second kappa shape index (κ2) is 10.2. The maximum Gasteiger partial charge on any atom is 0.264 e. The standard InChI is InChI=1S/C22H27ClN2O4/c1-22(2,3)25(14-16-9-7-6-8-10-16)20(26)15-29-24-13-17-11-18(23)21(28-5)19(12-17)27-4/h6-13H,14-15H2,1-5H3. The van der Waals surface area contributed by atoms with E-state index in [1.54, 1.807) is 17.0 Å². The first-order valence-electron chi connectivity index (χ1n) is 9.17. The molecule has 7 heteroatoms. The van der Waals surface area contributed by atoms with Crippen LogP contribution in [0.25, 0.3) is 0 Å². The molecule has 0 saturated heterocycles. The van der Waals surface area contributed by atoms with Crippen molar-refractivity contribution in [2.75, 3.05) is 20.8 Å². The van der Waals surface area contributed by atoms with Crippen LogP contribution in [-0.2, 0) is 16.2 Å². The molecule has 0 aliphatic rings. The van der Waals surface area contributed by atoms with E-state index < -0.39 is 0 Å². The summed E-state index contributed by atoms with van der Waals surface area (Å²) in [6.07, 6.45) is 1.47. The van der Waals surface area contributed by atoms with E-state index in [9.17, 15) is 4.79 Å². The molecule has 2 rings (SSSR count). The van der Waals surface area contributed by atoms with Crippen molar-refractivity contribution in [3.63, 3.8) is 0 Å². The Morgan fingerprint density at radius 3 is 2.41 bits per heavy atom. The van der Waals surface area contributed by atoms with Crippen LogP contribution in [0.15, 0.2) is 47.6 Å². The third kappa shape index (κ3) is 6.39. The molecular formula is C22H27ClN2O4. The number of carbonyl (C=O) groups excluding carboxylic acids is 1. The molecule has 0 N–H and O–H groups in total. The maximum absolute atomic E-state index is 12.7. The summed E-state index contributed by atoms with van der Waals surface area (Å²) < 4.78 is 10.5. The van der Waals surface area contributed by atoms with Crippen LogP contribution in [0.1, 0.15) is 31.9 Å². The fourth-order valence-electron chi connectivity index (χ4n) is 2.75. The highest BCUT2D eigenvalue weighted by Gasteiger charge is 2.26. The number of methoxy groups -OCH3 is 2. The second-order valence-electron chi connectivity index (χ2n) is 7.38. The van der Waals surface area contributed by atoms with Crippen molar-refractivity contribution in [1.82, 2.24) is 4.90 Å². The molecule has 2 aromatic carbocycles. The number of oxime groups is 1. The number of amides is 1. The Morgan fingerprint density at radius 2 is 1.83 bits per heavy atom. The summed E-state index contributed by atoms with van der Waals surface area (Å²) in [7, 11) is 3.04. The molecule has 0 radical (unpaired) electrons. The lowest BCUT2D eigenvalue weighted by Gasteiger charge is -2.35. The van der Waals surface area contributed by atoms with Gasteiger partial charge in [-0.05, 0) is 38.5 Å². The second-order valence-corrected chi connectivity index (χ2v) is 7.79. The predicted octanol–water partition coefficient (Wildman–Crippen LogP) is 4.54. The van der Waals surface area contributed by atoms with Crippen molar-refractivity contribution in [3.8, 4) is 11.5 Å². The molecule has 29 heavy (non-hydrogen) atoms. The van der Waals surface area contributed by atoms with Gasteiger partial charge in [-0.2, -0.15) is 0 Å². The number of benzene rings is 2. The van der Waals surface area contributed by atoms with Crippen LogP contribution in [0.4, 0.5) is 0 Å². The van der Waals surface area contributed by atoms with Crippen molar-refractivity contribution in [3.05, 3.63) is 58.6 Å². The molecule has 0 aliphatic heterocycles. The van der Waals surface area contributed by atoms with Crippen LogP contribution in [0, 0.1) is 0 Å². The lowest BCUT2D eigenvalue weighted by atomic mass is 10.0. The number of hydrogen-bond acceptors (Lipinski definition) is 5. The summed E-state index contributed by atoms with van der Waals surface area (Å²) in [5.74, 6) is 0.785. The number of nitrogens with zero attached hydrogens (tertiary/aromatic N) is 2. The zero-order valence-electron chi connectivity index (χ0n) is 17.4. The molecule has 6 nitrogen and oxygen atoms in total. The van der Waals surface area contributed by atoms with Crippen molar-refractivity contribution in [2.45, 2.75) is 32.9 Å². The quantitative estimate of drug-likeness (QED) is 0.466. The van der Waals surface area contributed by atoms with Crippen LogP contribution in [0.5, 0.6) is 11.5 Å². The molecule has 2 aromatic rings. The first-order chi connectivity index (χ1) is 13.8. The van der Waals surface area contributed by atoms with E-state index in [2.05, 4.69) is 5.16 Å². The Hall–Kier alpha value is -2.73. The predicted molar refractivity (Wildman–Crippen MR) is 115 cm³/mol. The highest BCUT2D eigenvalue weighted by atomic mass is 35.5. The summed E-state index contributed by atoms with van der Waals surface area (Å²) in [4.78, 5) is 19.7. The molecule has 0 aromatic heterocycles. The van der Waals surface area contributed by atoms with Gasteiger partial charge in [-0.25, -0.2) is 0 Å². The molecule has 0 unspecified atom stereocenters. The molecule has 0 bridgehead atoms. The third-order valence-corrected chi connectivity index (χ3v) is 4.50. The van der Waals surface area contributed by atoms with Crippen LogP contribution in [0.2, 0.25) is 5.02 Å². The van der Waals surface area contributed by atoms with E-state index in [1.165, 1.54) is 20.4 Å². The zero-order valence-corrected chi connectivity index (χ0v) is 18.2. The average molecular weight is 419 g/mol. The number of carbonyl (C=O) groups is 1.